The molecule has 1 saturated carbocycles. The number of benzene rings is 2. The molecule has 0 amide bonds. The number of carbonyl (C=O) groups excluding carboxylic acids is 1. The molecule has 1 aliphatic rings. The van der Waals surface area contributed by atoms with Crippen molar-refractivity contribution in [3.8, 4) is 5.75 Å². The van der Waals surface area contributed by atoms with Gasteiger partial charge in [-0.3, -0.25) is 0 Å². The van der Waals surface area contributed by atoms with E-state index in [-0.39, 0.29) is 19.1 Å². The highest BCUT2D eigenvalue weighted by Crippen LogP contribution is 2.42. The lowest BCUT2D eigenvalue weighted by Crippen LogP contribution is -2.12. The molecule has 1 aromatic heterocycles. The Kier molecular flexibility index (Phi) is 6.17. The summed E-state index contributed by atoms with van der Waals surface area (Å²) in [6, 6.07) is 9.84. The van der Waals surface area contributed by atoms with Crippen LogP contribution in [-0.2, 0) is 17.5 Å². The van der Waals surface area contributed by atoms with Crippen LogP contribution in [0.2, 0.25) is 0 Å². The quantitative estimate of drug-likeness (QED) is 0.420. The Bertz CT molecular complexity index is 1130. The number of nitrogens with one attached hydrogen (secondary N) is 1. The van der Waals surface area contributed by atoms with Gasteiger partial charge in [-0.25, -0.2) is 4.79 Å². The van der Waals surface area contributed by atoms with Crippen LogP contribution in [0.4, 0.5) is 13.2 Å². The minimum absolute atomic E-state index is 0.0193. The van der Waals surface area contributed by atoms with Crippen molar-refractivity contribution in [1.29, 1.82) is 0 Å². The predicted molar refractivity (Wildman–Crippen MR) is 116 cm³/mol. The smallest absolute Gasteiger partial charge is 0.416 e. The molecular weight excluding hydrogens is 419 g/mol. The van der Waals surface area contributed by atoms with E-state index in [1.807, 2.05) is 6.92 Å². The standard InChI is InChI=1S/C25H26F3NO3/c1-3-31-24(30)23-15(2)20-13-18(9-11-22(20)29-23)32-14-16-8-10-19(17-6-4-5-7-17)21(12-16)25(26,27)28/h8-13,17,29H,3-7,14H2,1-2H3. The van der Waals surface area contributed by atoms with E-state index >= 15 is 0 Å². The molecule has 1 fully saturated rings. The van der Waals surface area contributed by atoms with Crippen molar-refractivity contribution >= 4 is 16.9 Å². The lowest BCUT2D eigenvalue weighted by atomic mass is 9.91. The van der Waals surface area contributed by atoms with Gasteiger partial charge < -0.3 is 14.5 Å². The Labute approximate surface area is 184 Å². The zero-order chi connectivity index (χ0) is 22.9. The highest BCUT2D eigenvalue weighted by atomic mass is 19.4. The van der Waals surface area contributed by atoms with Crippen LogP contribution in [0, 0.1) is 6.92 Å². The molecule has 1 aliphatic carbocycles. The summed E-state index contributed by atoms with van der Waals surface area (Å²) in [7, 11) is 0. The second-order valence-electron chi connectivity index (χ2n) is 8.24. The molecule has 4 nitrogen and oxygen atoms in total. The number of aromatic amines is 1. The molecule has 0 bridgehead atoms. The van der Waals surface area contributed by atoms with Crippen LogP contribution >= 0.6 is 0 Å². The van der Waals surface area contributed by atoms with E-state index < -0.39 is 17.7 Å². The molecule has 7 heteroatoms. The largest absolute Gasteiger partial charge is 0.489 e. The van der Waals surface area contributed by atoms with Gasteiger partial charge in [0.05, 0.1) is 12.2 Å². The Balaban J connectivity index is 1.55. The number of alkyl halides is 3. The fourth-order valence-electron chi connectivity index (χ4n) is 4.50. The molecule has 0 spiro atoms. The summed E-state index contributed by atoms with van der Waals surface area (Å²) in [5.74, 6) is 0.0725. The average Bonchev–Trinajstić information content (AvgIpc) is 3.40. The SMILES string of the molecule is CCOC(=O)c1[nH]c2ccc(OCc3ccc(C4CCCC4)c(C(F)(F)F)c3)cc2c1C. The summed E-state index contributed by atoms with van der Waals surface area (Å²) in [5, 5.41) is 0.804. The van der Waals surface area contributed by atoms with Crippen molar-refractivity contribution in [2.24, 2.45) is 0 Å². The second-order valence-corrected chi connectivity index (χ2v) is 8.24. The van der Waals surface area contributed by atoms with E-state index in [2.05, 4.69) is 4.98 Å². The molecular formula is C25H26F3NO3. The first-order valence-electron chi connectivity index (χ1n) is 10.9. The van der Waals surface area contributed by atoms with Crippen LogP contribution in [0.25, 0.3) is 10.9 Å². The first kappa shape index (κ1) is 22.2. The van der Waals surface area contributed by atoms with Gasteiger partial charge in [0.25, 0.3) is 0 Å². The molecule has 170 valence electrons. The molecule has 1 N–H and O–H groups in total. The summed E-state index contributed by atoms with van der Waals surface area (Å²) in [5.41, 5.74) is 2.20. The highest BCUT2D eigenvalue weighted by Gasteiger charge is 2.36. The van der Waals surface area contributed by atoms with Crippen LogP contribution < -0.4 is 4.74 Å². The van der Waals surface area contributed by atoms with Crippen molar-refractivity contribution in [3.63, 3.8) is 0 Å². The Morgan fingerprint density at radius 3 is 2.56 bits per heavy atom. The van der Waals surface area contributed by atoms with Crippen molar-refractivity contribution < 1.29 is 27.4 Å². The van der Waals surface area contributed by atoms with E-state index in [1.54, 1.807) is 37.3 Å². The molecule has 1 heterocycles. The van der Waals surface area contributed by atoms with Gasteiger partial charge in [0.1, 0.15) is 18.1 Å². The number of fused-ring (bicyclic) bond motifs is 1. The van der Waals surface area contributed by atoms with E-state index in [0.717, 1.165) is 42.1 Å². The van der Waals surface area contributed by atoms with Gasteiger partial charge >= 0.3 is 12.1 Å². The second kappa shape index (κ2) is 8.88. The maximum atomic E-state index is 13.7. The number of carbonyl (C=O) groups is 1. The molecule has 0 radical (unpaired) electrons. The average molecular weight is 445 g/mol. The van der Waals surface area contributed by atoms with Crippen LogP contribution in [0.15, 0.2) is 36.4 Å². The minimum Gasteiger partial charge on any atom is -0.489 e. The van der Waals surface area contributed by atoms with Crippen LogP contribution in [0.5, 0.6) is 5.75 Å². The third kappa shape index (κ3) is 4.47. The number of halogens is 3. The lowest BCUT2D eigenvalue weighted by Gasteiger charge is -2.19. The topological polar surface area (TPSA) is 51.3 Å². The number of aryl methyl sites for hydroxylation is 1. The molecule has 4 rings (SSSR count). The van der Waals surface area contributed by atoms with Crippen molar-refractivity contribution in [2.45, 2.75) is 58.2 Å². The molecule has 32 heavy (non-hydrogen) atoms. The first-order chi connectivity index (χ1) is 15.3. The van der Waals surface area contributed by atoms with Gasteiger partial charge in [0.15, 0.2) is 0 Å². The molecule has 2 aromatic carbocycles. The third-order valence-corrected chi connectivity index (χ3v) is 6.13. The lowest BCUT2D eigenvalue weighted by molar-refractivity contribution is -0.138. The Morgan fingerprint density at radius 2 is 1.88 bits per heavy atom. The van der Waals surface area contributed by atoms with E-state index in [9.17, 15) is 18.0 Å². The number of rotatable bonds is 6. The minimum atomic E-state index is -4.39. The number of H-pyrrole nitrogens is 1. The Morgan fingerprint density at radius 1 is 1.12 bits per heavy atom. The van der Waals surface area contributed by atoms with Crippen LogP contribution in [0.1, 0.15) is 71.3 Å². The van der Waals surface area contributed by atoms with Crippen LogP contribution in [-0.4, -0.2) is 17.6 Å². The normalized spacial score (nSPS) is 14.8. The summed E-state index contributed by atoms with van der Waals surface area (Å²) < 4.78 is 52.0. The van der Waals surface area contributed by atoms with Crippen molar-refractivity contribution in [3.05, 3.63) is 64.3 Å². The molecule has 0 unspecified atom stereocenters. The number of hydrogen-bond acceptors (Lipinski definition) is 3. The Hall–Kier alpha value is -2.96. The maximum Gasteiger partial charge on any atom is 0.416 e. The maximum absolute atomic E-state index is 13.7. The summed E-state index contributed by atoms with van der Waals surface area (Å²) in [4.78, 5) is 15.1. The monoisotopic (exact) mass is 445 g/mol. The van der Waals surface area contributed by atoms with E-state index in [1.165, 1.54) is 6.07 Å². The van der Waals surface area contributed by atoms with Gasteiger partial charge in [-0.05, 0) is 73.6 Å². The van der Waals surface area contributed by atoms with Gasteiger partial charge in [-0.15, -0.1) is 0 Å². The number of esters is 1. The molecule has 0 aliphatic heterocycles. The van der Waals surface area contributed by atoms with Gasteiger partial charge in [0, 0.05) is 10.9 Å². The molecule has 0 saturated heterocycles. The van der Waals surface area contributed by atoms with E-state index in [4.69, 9.17) is 9.47 Å². The van der Waals surface area contributed by atoms with Gasteiger partial charge in [-0.2, -0.15) is 13.2 Å². The van der Waals surface area contributed by atoms with Crippen molar-refractivity contribution in [2.75, 3.05) is 6.61 Å². The van der Waals surface area contributed by atoms with Crippen LogP contribution in [0.3, 0.4) is 0 Å². The van der Waals surface area contributed by atoms with Gasteiger partial charge in [-0.1, -0.05) is 25.0 Å². The summed E-state index contributed by atoms with van der Waals surface area (Å²) >= 11 is 0. The van der Waals surface area contributed by atoms with Crippen molar-refractivity contribution in [1.82, 2.24) is 4.98 Å². The van der Waals surface area contributed by atoms with E-state index in [0.29, 0.717) is 22.6 Å². The summed E-state index contributed by atoms with van der Waals surface area (Å²) in [6.07, 6.45) is -0.818. The fraction of sp³-hybridized carbons (Fsp3) is 0.400. The fourth-order valence-corrected chi connectivity index (χ4v) is 4.50. The third-order valence-electron chi connectivity index (χ3n) is 6.13. The highest BCUT2D eigenvalue weighted by molar-refractivity contribution is 5.98. The zero-order valence-electron chi connectivity index (χ0n) is 18.1. The number of aromatic nitrogens is 1. The number of hydrogen-bond donors (Lipinski definition) is 1. The summed E-state index contributed by atoms with van der Waals surface area (Å²) in [6.45, 7) is 3.85. The number of ether oxygens (including phenoxy) is 2. The predicted octanol–water partition coefficient (Wildman–Crippen LogP) is 6.91. The first-order valence-corrected chi connectivity index (χ1v) is 10.9. The molecule has 3 aromatic rings. The molecule has 0 atom stereocenters. The van der Waals surface area contributed by atoms with Gasteiger partial charge in [0.2, 0.25) is 0 Å². The zero-order valence-corrected chi connectivity index (χ0v) is 18.1.